The van der Waals surface area contributed by atoms with Crippen LogP contribution in [-0.2, 0) is 4.79 Å². The zero-order valence-corrected chi connectivity index (χ0v) is 12.7. The molecule has 0 aliphatic carbocycles. The van der Waals surface area contributed by atoms with Gasteiger partial charge in [-0.25, -0.2) is 0 Å². The molecule has 116 valence electrons. The molecule has 0 bridgehead atoms. The molecule has 2 aromatic rings. The van der Waals surface area contributed by atoms with Gasteiger partial charge in [-0.15, -0.1) is 0 Å². The van der Waals surface area contributed by atoms with Gasteiger partial charge in [0, 0.05) is 24.1 Å². The molecule has 2 rings (SSSR count). The van der Waals surface area contributed by atoms with Crippen molar-refractivity contribution >= 4 is 11.9 Å². The standard InChI is InChI=1S/C17H19NO4/c1-11-12(2)22-16(13-7-4-3-5-8-13)15(11)17(21)18-10-6-9-14(19)20/h3-5,7-8H,6,9-10H2,1-2H3,(H,18,21)(H,19,20). The predicted octanol–water partition coefficient (Wildman–Crippen LogP) is 3.16. The fraction of sp³-hybridized carbons (Fsp3) is 0.294. The number of carbonyl (C=O) groups excluding carboxylic acids is 1. The molecule has 0 aliphatic heterocycles. The van der Waals surface area contributed by atoms with Crippen molar-refractivity contribution in [3.05, 3.63) is 47.2 Å². The van der Waals surface area contributed by atoms with Gasteiger partial charge in [-0.3, -0.25) is 9.59 Å². The molecular weight excluding hydrogens is 282 g/mol. The van der Waals surface area contributed by atoms with Crippen molar-refractivity contribution in [3.63, 3.8) is 0 Å². The topological polar surface area (TPSA) is 79.5 Å². The number of hydrogen-bond donors (Lipinski definition) is 2. The van der Waals surface area contributed by atoms with Crippen molar-refractivity contribution in [1.29, 1.82) is 0 Å². The minimum atomic E-state index is -0.866. The van der Waals surface area contributed by atoms with Gasteiger partial charge >= 0.3 is 5.97 Å². The number of aliphatic carboxylic acids is 1. The van der Waals surface area contributed by atoms with E-state index in [0.29, 0.717) is 30.0 Å². The molecule has 5 nitrogen and oxygen atoms in total. The van der Waals surface area contributed by atoms with E-state index in [4.69, 9.17) is 9.52 Å². The van der Waals surface area contributed by atoms with Crippen LogP contribution in [0.2, 0.25) is 0 Å². The van der Waals surface area contributed by atoms with E-state index in [0.717, 1.165) is 11.1 Å². The average Bonchev–Trinajstić information content (AvgIpc) is 2.80. The summed E-state index contributed by atoms with van der Waals surface area (Å²) in [6.07, 6.45) is 0.437. The maximum Gasteiger partial charge on any atom is 0.303 e. The maximum absolute atomic E-state index is 12.4. The predicted molar refractivity (Wildman–Crippen MR) is 82.8 cm³/mol. The molecule has 1 heterocycles. The Kier molecular flexibility index (Phi) is 4.99. The first-order chi connectivity index (χ1) is 10.5. The Hall–Kier alpha value is -2.56. The Morgan fingerprint density at radius 1 is 1.18 bits per heavy atom. The van der Waals surface area contributed by atoms with Crippen molar-refractivity contribution in [1.82, 2.24) is 5.32 Å². The van der Waals surface area contributed by atoms with E-state index >= 15 is 0 Å². The molecule has 0 radical (unpaired) electrons. The molecule has 1 aromatic carbocycles. The molecule has 1 amide bonds. The SMILES string of the molecule is Cc1oc(-c2ccccc2)c(C(=O)NCCCC(=O)O)c1C. The minimum Gasteiger partial charge on any atom is -0.481 e. The van der Waals surface area contributed by atoms with Crippen LogP contribution in [0.4, 0.5) is 0 Å². The van der Waals surface area contributed by atoms with Gasteiger partial charge in [-0.1, -0.05) is 30.3 Å². The van der Waals surface area contributed by atoms with Crippen LogP contribution in [-0.4, -0.2) is 23.5 Å². The number of rotatable bonds is 6. The molecule has 1 aromatic heterocycles. The van der Waals surface area contributed by atoms with E-state index in [1.807, 2.05) is 44.2 Å². The summed E-state index contributed by atoms with van der Waals surface area (Å²) in [4.78, 5) is 22.9. The van der Waals surface area contributed by atoms with Gasteiger partial charge in [0.05, 0.1) is 5.56 Å². The quantitative estimate of drug-likeness (QED) is 0.803. The highest BCUT2D eigenvalue weighted by atomic mass is 16.4. The number of aryl methyl sites for hydroxylation is 1. The van der Waals surface area contributed by atoms with Gasteiger partial charge in [0.25, 0.3) is 5.91 Å². The fourth-order valence-corrected chi connectivity index (χ4v) is 2.22. The van der Waals surface area contributed by atoms with Crippen LogP contribution in [0, 0.1) is 13.8 Å². The maximum atomic E-state index is 12.4. The van der Waals surface area contributed by atoms with E-state index in [-0.39, 0.29) is 12.3 Å². The molecule has 0 saturated carbocycles. The fourth-order valence-electron chi connectivity index (χ4n) is 2.22. The lowest BCUT2D eigenvalue weighted by molar-refractivity contribution is -0.137. The van der Waals surface area contributed by atoms with E-state index < -0.39 is 5.97 Å². The van der Waals surface area contributed by atoms with Crippen molar-refractivity contribution in [2.24, 2.45) is 0 Å². The molecule has 0 unspecified atom stereocenters. The summed E-state index contributed by atoms with van der Waals surface area (Å²) in [5, 5.41) is 11.4. The number of furan rings is 1. The molecule has 22 heavy (non-hydrogen) atoms. The third-order valence-electron chi connectivity index (χ3n) is 3.50. The zero-order chi connectivity index (χ0) is 16.1. The molecule has 0 saturated heterocycles. The smallest absolute Gasteiger partial charge is 0.303 e. The summed E-state index contributed by atoms with van der Waals surface area (Å²) in [7, 11) is 0. The lowest BCUT2D eigenvalue weighted by atomic mass is 10.0. The van der Waals surface area contributed by atoms with Crippen LogP contribution < -0.4 is 5.32 Å². The van der Waals surface area contributed by atoms with Crippen LogP contribution in [0.1, 0.15) is 34.5 Å². The van der Waals surface area contributed by atoms with Gasteiger partial charge in [-0.05, 0) is 20.3 Å². The second-order valence-electron chi connectivity index (χ2n) is 5.11. The van der Waals surface area contributed by atoms with Gasteiger partial charge in [0.1, 0.15) is 11.5 Å². The highest BCUT2D eigenvalue weighted by Crippen LogP contribution is 2.30. The normalized spacial score (nSPS) is 10.5. The second kappa shape index (κ2) is 6.93. The summed E-state index contributed by atoms with van der Waals surface area (Å²) < 4.78 is 5.74. The summed E-state index contributed by atoms with van der Waals surface area (Å²) in [6, 6.07) is 9.45. The number of carboxylic acids is 1. The molecule has 2 N–H and O–H groups in total. The Labute approximate surface area is 129 Å². The molecule has 0 fully saturated rings. The number of benzene rings is 1. The Bertz CT molecular complexity index is 673. The second-order valence-corrected chi connectivity index (χ2v) is 5.11. The van der Waals surface area contributed by atoms with E-state index in [2.05, 4.69) is 5.32 Å². The Morgan fingerprint density at radius 3 is 2.50 bits per heavy atom. The molecular formula is C17H19NO4. The number of carboxylic acid groups (broad SMARTS) is 1. The van der Waals surface area contributed by atoms with E-state index in [9.17, 15) is 9.59 Å². The van der Waals surface area contributed by atoms with Gasteiger partial charge in [0.2, 0.25) is 0 Å². The average molecular weight is 301 g/mol. The summed E-state index contributed by atoms with van der Waals surface area (Å²) >= 11 is 0. The molecule has 5 heteroatoms. The zero-order valence-electron chi connectivity index (χ0n) is 12.7. The largest absolute Gasteiger partial charge is 0.481 e. The minimum absolute atomic E-state index is 0.0369. The van der Waals surface area contributed by atoms with Crippen molar-refractivity contribution in [3.8, 4) is 11.3 Å². The number of amides is 1. The van der Waals surface area contributed by atoms with Gasteiger partial charge in [-0.2, -0.15) is 0 Å². The van der Waals surface area contributed by atoms with E-state index in [1.165, 1.54) is 0 Å². The summed E-state index contributed by atoms with van der Waals surface area (Å²) in [6.45, 7) is 3.99. The lowest BCUT2D eigenvalue weighted by Crippen LogP contribution is -2.25. The monoisotopic (exact) mass is 301 g/mol. The third kappa shape index (κ3) is 3.55. The Balaban J connectivity index is 2.19. The third-order valence-corrected chi connectivity index (χ3v) is 3.50. The van der Waals surface area contributed by atoms with Crippen LogP contribution in [0.3, 0.4) is 0 Å². The van der Waals surface area contributed by atoms with Crippen LogP contribution in [0.5, 0.6) is 0 Å². The van der Waals surface area contributed by atoms with Crippen molar-refractivity contribution in [2.45, 2.75) is 26.7 Å². The number of nitrogens with one attached hydrogen (secondary N) is 1. The number of hydrogen-bond acceptors (Lipinski definition) is 3. The molecule has 0 atom stereocenters. The Morgan fingerprint density at radius 2 is 1.86 bits per heavy atom. The first-order valence-electron chi connectivity index (χ1n) is 7.16. The van der Waals surface area contributed by atoms with Crippen LogP contribution >= 0.6 is 0 Å². The highest BCUT2D eigenvalue weighted by Gasteiger charge is 2.22. The first-order valence-corrected chi connectivity index (χ1v) is 7.16. The van der Waals surface area contributed by atoms with Gasteiger partial charge in [0.15, 0.2) is 0 Å². The highest BCUT2D eigenvalue weighted by molar-refractivity contribution is 6.01. The van der Waals surface area contributed by atoms with Crippen molar-refractivity contribution < 1.29 is 19.1 Å². The molecule has 0 aliphatic rings. The lowest BCUT2D eigenvalue weighted by Gasteiger charge is -2.06. The summed E-state index contributed by atoms with van der Waals surface area (Å²) in [5.41, 5.74) is 2.16. The van der Waals surface area contributed by atoms with Gasteiger partial charge < -0.3 is 14.8 Å². The molecule has 0 spiro atoms. The van der Waals surface area contributed by atoms with E-state index in [1.54, 1.807) is 0 Å². The van der Waals surface area contributed by atoms with Crippen LogP contribution in [0.25, 0.3) is 11.3 Å². The summed E-state index contributed by atoms with van der Waals surface area (Å²) in [5.74, 6) is 0.147. The number of carbonyl (C=O) groups is 2. The van der Waals surface area contributed by atoms with Crippen LogP contribution in [0.15, 0.2) is 34.7 Å². The van der Waals surface area contributed by atoms with Crippen molar-refractivity contribution in [2.75, 3.05) is 6.54 Å². The first kappa shape index (κ1) is 15.8.